The second-order valence-electron chi connectivity index (χ2n) is 5.95. The summed E-state index contributed by atoms with van der Waals surface area (Å²) >= 11 is 6.55. The van der Waals surface area contributed by atoms with Crippen LogP contribution in [0.2, 0.25) is 5.02 Å². The predicted molar refractivity (Wildman–Crippen MR) is 95.1 cm³/mol. The summed E-state index contributed by atoms with van der Waals surface area (Å²) in [4.78, 5) is 2.42. The number of ether oxygens (including phenoxy) is 1. The van der Waals surface area contributed by atoms with Gasteiger partial charge in [0.1, 0.15) is 0 Å². The van der Waals surface area contributed by atoms with Crippen molar-refractivity contribution in [1.82, 2.24) is 4.90 Å². The third kappa shape index (κ3) is 3.02. The van der Waals surface area contributed by atoms with Crippen molar-refractivity contribution in [2.75, 3.05) is 43.6 Å². The van der Waals surface area contributed by atoms with E-state index in [9.17, 15) is 0 Å². The van der Waals surface area contributed by atoms with E-state index < -0.39 is 0 Å². The number of halogens is 1. The van der Waals surface area contributed by atoms with Crippen molar-refractivity contribution in [3.05, 3.63) is 47.0 Å². The van der Waals surface area contributed by atoms with Gasteiger partial charge in [0.05, 0.1) is 31.3 Å². The van der Waals surface area contributed by atoms with Crippen LogP contribution in [0.3, 0.4) is 0 Å². The maximum atomic E-state index is 6.55. The summed E-state index contributed by atoms with van der Waals surface area (Å²) in [5, 5.41) is 7.46. The van der Waals surface area contributed by atoms with Crippen molar-refractivity contribution in [3.63, 3.8) is 0 Å². The fourth-order valence-electron chi connectivity index (χ4n) is 3.26. The molecule has 1 saturated heterocycles. The van der Waals surface area contributed by atoms with E-state index in [-0.39, 0.29) is 0 Å². The van der Waals surface area contributed by atoms with Gasteiger partial charge in [-0.05, 0) is 29.3 Å². The third-order valence-corrected chi connectivity index (χ3v) is 4.78. The highest BCUT2D eigenvalue weighted by Gasteiger charge is 2.17. The lowest BCUT2D eigenvalue weighted by molar-refractivity contribution is 0.0342. The average Bonchev–Trinajstić information content (AvgIpc) is 3.03. The minimum atomic E-state index is 0.780. The smallest absolute Gasteiger partial charge is 0.0850 e. The van der Waals surface area contributed by atoms with Crippen molar-refractivity contribution in [3.8, 4) is 11.1 Å². The van der Waals surface area contributed by atoms with Crippen LogP contribution in [0.1, 0.15) is 5.56 Å². The lowest BCUT2D eigenvalue weighted by atomic mass is 9.98. The molecule has 4 nitrogen and oxygen atoms in total. The number of morpholine rings is 1. The molecule has 2 aromatic rings. The van der Waals surface area contributed by atoms with Crippen molar-refractivity contribution in [2.45, 2.75) is 6.54 Å². The molecule has 2 heterocycles. The predicted octanol–water partition coefficient (Wildman–Crippen LogP) is 3.63. The molecule has 2 aliphatic rings. The lowest BCUT2D eigenvalue weighted by Crippen LogP contribution is -2.35. The molecule has 0 amide bonds. The summed E-state index contributed by atoms with van der Waals surface area (Å²) in [7, 11) is 0. The molecule has 0 bridgehead atoms. The zero-order valence-corrected chi connectivity index (χ0v) is 13.7. The van der Waals surface area contributed by atoms with Crippen molar-refractivity contribution >= 4 is 23.0 Å². The van der Waals surface area contributed by atoms with E-state index in [1.807, 2.05) is 12.1 Å². The molecule has 2 aromatic carbocycles. The van der Waals surface area contributed by atoms with Crippen LogP contribution in [0, 0.1) is 0 Å². The van der Waals surface area contributed by atoms with Gasteiger partial charge in [0, 0.05) is 30.2 Å². The van der Waals surface area contributed by atoms with Crippen molar-refractivity contribution < 1.29 is 4.74 Å². The van der Waals surface area contributed by atoms with Gasteiger partial charge in [-0.2, -0.15) is 0 Å². The third-order valence-electron chi connectivity index (χ3n) is 4.46. The molecule has 2 aliphatic heterocycles. The first-order valence-electron chi connectivity index (χ1n) is 8.01. The molecule has 120 valence electrons. The Labute approximate surface area is 141 Å². The number of anilines is 2. The molecule has 0 aliphatic carbocycles. The van der Waals surface area contributed by atoms with E-state index in [0.29, 0.717) is 0 Å². The fourth-order valence-corrected chi connectivity index (χ4v) is 3.56. The van der Waals surface area contributed by atoms with Gasteiger partial charge in [-0.1, -0.05) is 29.8 Å². The Morgan fingerprint density at radius 1 is 1.04 bits per heavy atom. The second-order valence-corrected chi connectivity index (χ2v) is 6.36. The summed E-state index contributed by atoms with van der Waals surface area (Å²) in [6.45, 7) is 5.25. The molecular weight excluding hydrogens is 310 g/mol. The number of nitrogens with one attached hydrogen (secondary N) is 2. The van der Waals surface area contributed by atoms with Crippen LogP contribution in [0.25, 0.3) is 11.1 Å². The van der Waals surface area contributed by atoms with Crippen molar-refractivity contribution in [1.29, 1.82) is 0 Å². The van der Waals surface area contributed by atoms with Gasteiger partial charge < -0.3 is 15.4 Å². The first-order valence-corrected chi connectivity index (χ1v) is 8.39. The van der Waals surface area contributed by atoms with Crippen LogP contribution in [0.4, 0.5) is 11.4 Å². The van der Waals surface area contributed by atoms with E-state index in [1.165, 1.54) is 5.56 Å². The second kappa shape index (κ2) is 6.40. The average molecular weight is 330 g/mol. The lowest BCUT2D eigenvalue weighted by Gasteiger charge is -2.27. The molecule has 0 aromatic heterocycles. The number of fused-ring (bicyclic) bond motifs is 1. The first kappa shape index (κ1) is 14.8. The van der Waals surface area contributed by atoms with Crippen LogP contribution in [0.15, 0.2) is 36.4 Å². The zero-order valence-electron chi connectivity index (χ0n) is 12.9. The van der Waals surface area contributed by atoms with E-state index in [2.05, 4.69) is 39.8 Å². The largest absolute Gasteiger partial charge is 0.379 e. The maximum absolute atomic E-state index is 6.55. The fraction of sp³-hybridized carbons (Fsp3) is 0.333. The highest BCUT2D eigenvalue weighted by molar-refractivity contribution is 6.33. The number of hydrogen-bond donors (Lipinski definition) is 2. The van der Waals surface area contributed by atoms with Gasteiger partial charge in [0.2, 0.25) is 0 Å². The molecule has 23 heavy (non-hydrogen) atoms. The van der Waals surface area contributed by atoms with Crippen LogP contribution in [0.5, 0.6) is 0 Å². The molecule has 4 rings (SSSR count). The summed E-state index contributed by atoms with van der Waals surface area (Å²) in [6.07, 6.45) is 0. The van der Waals surface area contributed by atoms with E-state index in [0.717, 1.165) is 67.0 Å². The molecule has 0 spiro atoms. The Morgan fingerprint density at radius 2 is 1.87 bits per heavy atom. The minimum absolute atomic E-state index is 0.780. The van der Waals surface area contributed by atoms with Gasteiger partial charge in [0.25, 0.3) is 0 Å². The molecule has 0 unspecified atom stereocenters. The van der Waals surface area contributed by atoms with Gasteiger partial charge in [-0.15, -0.1) is 0 Å². The number of nitrogens with zero attached hydrogens (tertiary/aromatic N) is 1. The SMILES string of the molecule is Clc1cccc(CN2CCOCC2)c1-c1ccc2c(c1)NCN2. The molecule has 0 atom stereocenters. The molecule has 0 saturated carbocycles. The van der Waals surface area contributed by atoms with Gasteiger partial charge in [-0.3, -0.25) is 4.90 Å². The number of rotatable bonds is 3. The van der Waals surface area contributed by atoms with E-state index in [1.54, 1.807) is 0 Å². The molecule has 2 N–H and O–H groups in total. The molecular formula is C18H20ClN3O. The Hall–Kier alpha value is -1.75. The summed E-state index contributed by atoms with van der Waals surface area (Å²) in [5.74, 6) is 0. The summed E-state index contributed by atoms with van der Waals surface area (Å²) in [6, 6.07) is 12.6. The van der Waals surface area contributed by atoms with Gasteiger partial charge in [-0.25, -0.2) is 0 Å². The van der Waals surface area contributed by atoms with Crippen molar-refractivity contribution in [2.24, 2.45) is 0 Å². The highest BCUT2D eigenvalue weighted by atomic mass is 35.5. The van der Waals surface area contributed by atoms with E-state index >= 15 is 0 Å². The Bertz CT molecular complexity index is 713. The topological polar surface area (TPSA) is 36.5 Å². The van der Waals surface area contributed by atoms with Gasteiger partial charge >= 0.3 is 0 Å². The molecule has 1 fully saturated rings. The maximum Gasteiger partial charge on any atom is 0.0850 e. The van der Waals surface area contributed by atoms with Gasteiger partial charge in [0.15, 0.2) is 0 Å². The Morgan fingerprint density at radius 3 is 2.74 bits per heavy atom. The monoisotopic (exact) mass is 329 g/mol. The summed E-state index contributed by atoms with van der Waals surface area (Å²) in [5.41, 5.74) is 5.85. The Kier molecular flexibility index (Phi) is 4.12. The first-order chi connectivity index (χ1) is 11.3. The minimum Gasteiger partial charge on any atom is -0.379 e. The quantitative estimate of drug-likeness (QED) is 0.901. The summed E-state index contributed by atoms with van der Waals surface area (Å²) < 4.78 is 5.44. The standard InChI is InChI=1S/C18H20ClN3O/c19-15-3-1-2-14(11-22-6-8-23-9-7-22)18(15)13-4-5-16-17(10-13)21-12-20-16/h1-5,10,20-21H,6-9,11-12H2. The highest BCUT2D eigenvalue weighted by Crippen LogP contribution is 2.37. The van der Waals surface area contributed by atoms with E-state index in [4.69, 9.17) is 16.3 Å². The van der Waals surface area contributed by atoms with Crippen LogP contribution < -0.4 is 10.6 Å². The van der Waals surface area contributed by atoms with Crippen LogP contribution in [-0.4, -0.2) is 37.9 Å². The number of benzene rings is 2. The normalized spacial score (nSPS) is 17.4. The zero-order chi connectivity index (χ0) is 15.6. The molecule has 5 heteroatoms. The Balaban J connectivity index is 1.69. The molecule has 0 radical (unpaired) electrons. The van der Waals surface area contributed by atoms with Crippen LogP contribution in [-0.2, 0) is 11.3 Å². The number of hydrogen-bond acceptors (Lipinski definition) is 4. The van der Waals surface area contributed by atoms with Crippen LogP contribution >= 0.6 is 11.6 Å².